The van der Waals surface area contributed by atoms with Gasteiger partial charge in [0.25, 0.3) is 0 Å². The van der Waals surface area contributed by atoms with Crippen molar-refractivity contribution in [3.8, 4) is 12.3 Å². The minimum absolute atomic E-state index is 0.105. The van der Waals surface area contributed by atoms with Crippen LogP contribution in [0, 0.1) is 12.3 Å². The van der Waals surface area contributed by atoms with Crippen LogP contribution < -0.4 is 11.1 Å². The molecule has 0 aliphatic carbocycles. The molecule has 0 saturated heterocycles. The number of nitrogens with two attached hydrogens (primary N) is 1. The number of carboxylic acids is 1. The molecule has 0 aromatic carbocycles. The number of nitrogens with one attached hydrogen (secondary N) is 1. The standard InChI is InChI=1S/C8H12N2O3.C2HF3O2/c1-3-4-10-8(12)6(9)5-7(11)13-2;3-2(4,5)1(6)7/h1,6H,4-5,9H2,2H3,(H,10,12);(H,6,7)/t6-;/m0./s1. The van der Waals surface area contributed by atoms with Gasteiger partial charge in [0, 0.05) is 0 Å². The molecule has 0 heterocycles. The summed E-state index contributed by atoms with van der Waals surface area (Å²) in [5.74, 6) is -1.52. The van der Waals surface area contributed by atoms with Gasteiger partial charge in [-0.15, -0.1) is 6.42 Å². The van der Waals surface area contributed by atoms with Gasteiger partial charge in [-0.05, 0) is 0 Å². The summed E-state index contributed by atoms with van der Waals surface area (Å²) in [7, 11) is 1.23. The fourth-order valence-corrected chi connectivity index (χ4v) is 0.625. The van der Waals surface area contributed by atoms with Crippen molar-refractivity contribution < 1.29 is 37.4 Å². The van der Waals surface area contributed by atoms with Gasteiger partial charge < -0.3 is 20.9 Å². The topological polar surface area (TPSA) is 119 Å². The van der Waals surface area contributed by atoms with Crippen LogP contribution in [-0.2, 0) is 19.1 Å². The number of halogens is 3. The van der Waals surface area contributed by atoms with E-state index in [0.717, 1.165) is 0 Å². The second-order valence-electron chi connectivity index (χ2n) is 3.11. The average molecular weight is 298 g/mol. The van der Waals surface area contributed by atoms with E-state index >= 15 is 0 Å². The monoisotopic (exact) mass is 298 g/mol. The first kappa shape index (κ1) is 20.0. The maximum Gasteiger partial charge on any atom is 0.490 e. The number of hydrogen-bond acceptors (Lipinski definition) is 5. The number of rotatable bonds is 4. The van der Waals surface area contributed by atoms with Crippen LogP contribution in [0.3, 0.4) is 0 Å². The zero-order valence-corrected chi connectivity index (χ0v) is 10.4. The van der Waals surface area contributed by atoms with Gasteiger partial charge in [0.05, 0.1) is 26.1 Å². The van der Waals surface area contributed by atoms with E-state index in [1.807, 2.05) is 0 Å². The van der Waals surface area contributed by atoms with E-state index in [0.29, 0.717) is 0 Å². The van der Waals surface area contributed by atoms with Gasteiger partial charge in [0.1, 0.15) is 0 Å². The molecule has 0 saturated carbocycles. The van der Waals surface area contributed by atoms with Gasteiger partial charge in [-0.3, -0.25) is 9.59 Å². The van der Waals surface area contributed by atoms with E-state index in [9.17, 15) is 22.8 Å². The first-order valence-corrected chi connectivity index (χ1v) is 4.89. The highest BCUT2D eigenvalue weighted by atomic mass is 19.4. The maximum atomic E-state index is 11.0. The number of amides is 1. The van der Waals surface area contributed by atoms with Crippen LogP contribution in [0.1, 0.15) is 6.42 Å². The van der Waals surface area contributed by atoms with Crippen molar-refractivity contribution >= 4 is 17.8 Å². The van der Waals surface area contributed by atoms with Crippen molar-refractivity contribution in [2.45, 2.75) is 18.6 Å². The molecule has 0 fully saturated rings. The Morgan fingerprint density at radius 3 is 2.20 bits per heavy atom. The molecule has 0 aromatic rings. The third-order valence-corrected chi connectivity index (χ3v) is 1.56. The highest BCUT2D eigenvalue weighted by Crippen LogP contribution is 2.13. The first-order valence-electron chi connectivity index (χ1n) is 4.89. The number of hydrogen-bond donors (Lipinski definition) is 3. The molecule has 0 spiro atoms. The third kappa shape index (κ3) is 10.8. The summed E-state index contributed by atoms with van der Waals surface area (Å²) in [5.41, 5.74) is 5.35. The minimum Gasteiger partial charge on any atom is -0.475 e. The molecule has 7 nitrogen and oxygen atoms in total. The van der Waals surface area contributed by atoms with Crippen molar-refractivity contribution in [1.82, 2.24) is 5.32 Å². The Bertz CT molecular complexity index is 389. The summed E-state index contributed by atoms with van der Waals surface area (Å²) >= 11 is 0. The number of terminal acetylenes is 1. The van der Waals surface area contributed by atoms with Crippen molar-refractivity contribution in [2.75, 3.05) is 13.7 Å². The van der Waals surface area contributed by atoms with E-state index < -0.39 is 30.1 Å². The van der Waals surface area contributed by atoms with Crippen molar-refractivity contribution in [2.24, 2.45) is 5.73 Å². The Morgan fingerprint density at radius 1 is 1.45 bits per heavy atom. The zero-order chi connectivity index (χ0) is 16.3. The van der Waals surface area contributed by atoms with Gasteiger partial charge in [-0.2, -0.15) is 13.2 Å². The Kier molecular flexibility index (Phi) is 9.65. The lowest BCUT2D eigenvalue weighted by atomic mass is 10.2. The lowest BCUT2D eigenvalue weighted by Gasteiger charge is -2.08. The zero-order valence-electron chi connectivity index (χ0n) is 10.4. The molecule has 0 rings (SSSR count). The minimum atomic E-state index is -5.08. The van der Waals surface area contributed by atoms with Crippen LogP contribution in [0.15, 0.2) is 0 Å². The molecule has 0 unspecified atom stereocenters. The van der Waals surface area contributed by atoms with Crippen LogP contribution in [0.2, 0.25) is 0 Å². The van der Waals surface area contributed by atoms with Gasteiger partial charge in [0.2, 0.25) is 5.91 Å². The number of carboxylic acid groups (broad SMARTS) is 1. The smallest absolute Gasteiger partial charge is 0.475 e. The van der Waals surface area contributed by atoms with E-state index in [2.05, 4.69) is 16.0 Å². The summed E-state index contributed by atoms with van der Waals surface area (Å²) in [6.45, 7) is 0.105. The van der Waals surface area contributed by atoms with Crippen molar-refractivity contribution in [1.29, 1.82) is 0 Å². The number of carbonyl (C=O) groups is 3. The fraction of sp³-hybridized carbons (Fsp3) is 0.500. The molecular weight excluding hydrogens is 285 g/mol. The summed E-state index contributed by atoms with van der Waals surface area (Å²) in [6.07, 6.45) is -0.322. The molecule has 10 heteroatoms. The van der Waals surface area contributed by atoms with E-state index in [1.54, 1.807) is 0 Å². The Balaban J connectivity index is 0. The number of ether oxygens (including phenoxy) is 1. The Morgan fingerprint density at radius 2 is 1.90 bits per heavy atom. The van der Waals surface area contributed by atoms with Crippen molar-refractivity contribution in [3.63, 3.8) is 0 Å². The number of aliphatic carboxylic acids is 1. The Labute approximate surface area is 112 Å². The molecule has 0 aliphatic rings. The van der Waals surface area contributed by atoms with Gasteiger partial charge in [-0.25, -0.2) is 4.79 Å². The van der Waals surface area contributed by atoms with Gasteiger partial charge in [-0.1, -0.05) is 5.92 Å². The third-order valence-electron chi connectivity index (χ3n) is 1.56. The quantitative estimate of drug-likeness (QED) is 0.464. The molecule has 4 N–H and O–H groups in total. The molecule has 0 radical (unpaired) electrons. The number of carbonyl (C=O) groups excluding carboxylic acids is 2. The Hall–Kier alpha value is -2.28. The van der Waals surface area contributed by atoms with E-state index in [1.165, 1.54) is 7.11 Å². The SMILES string of the molecule is C#CCNC(=O)[C@@H](N)CC(=O)OC.O=C(O)C(F)(F)F. The van der Waals surface area contributed by atoms with Crippen LogP contribution >= 0.6 is 0 Å². The summed E-state index contributed by atoms with van der Waals surface area (Å²) in [4.78, 5) is 30.6. The normalized spacial score (nSPS) is 11.2. The molecule has 0 aromatic heterocycles. The highest BCUT2D eigenvalue weighted by molar-refractivity contribution is 5.86. The number of methoxy groups -OCH3 is 1. The molecule has 1 atom stereocenters. The summed E-state index contributed by atoms with van der Waals surface area (Å²) < 4.78 is 36.1. The number of alkyl halides is 3. The fourth-order valence-electron chi connectivity index (χ4n) is 0.625. The van der Waals surface area contributed by atoms with Gasteiger partial charge >= 0.3 is 18.1 Å². The molecule has 0 bridgehead atoms. The molecule has 114 valence electrons. The highest BCUT2D eigenvalue weighted by Gasteiger charge is 2.38. The lowest BCUT2D eigenvalue weighted by Crippen LogP contribution is -2.42. The second kappa shape index (κ2) is 9.62. The number of esters is 1. The molecule has 1 amide bonds. The predicted octanol–water partition coefficient (Wildman–Crippen LogP) is -0.741. The molecular formula is C10H13F3N2O5. The van der Waals surface area contributed by atoms with Crippen LogP contribution in [-0.4, -0.2) is 48.8 Å². The predicted molar refractivity (Wildman–Crippen MR) is 60.1 cm³/mol. The molecule has 0 aliphatic heterocycles. The second-order valence-corrected chi connectivity index (χ2v) is 3.11. The van der Waals surface area contributed by atoms with Crippen LogP contribution in [0.25, 0.3) is 0 Å². The summed E-state index contributed by atoms with van der Waals surface area (Å²) in [6, 6.07) is -0.902. The van der Waals surface area contributed by atoms with Crippen LogP contribution in [0.4, 0.5) is 13.2 Å². The first-order chi connectivity index (χ1) is 9.06. The average Bonchev–Trinajstić information content (AvgIpc) is 2.35. The van der Waals surface area contributed by atoms with Gasteiger partial charge in [0.15, 0.2) is 0 Å². The lowest BCUT2D eigenvalue weighted by molar-refractivity contribution is -0.192. The van der Waals surface area contributed by atoms with E-state index in [4.69, 9.17) is 22.1 Å². The van der Waals surface area contributed by atoms with Crippen molar-refractivity contribution in [3.05, 3.63) is 0 Å². The summed E-state index contributed by atoms with van der Waals surface area (Å²) in [5, 5.41) is 9.48. The van der Waals surface area contributed by atoms with E-state index in [-0.39, 0.29) is 13.0 Å². The largest absolute Gasteiger partial charge is 0.490 e. The van der Waals surface area contributed by atoms with Crippen LogP contribution in [0.5, 0.6) is 0 Å². The molecule has 20 heavy (non-hydrogen) atoms. The maximum absolute atomic E-state index is 11.0.